The van der Waals surface area contributed by atoms with Crippen LogP contribution in [0.2, 0.25) is 0 Å². The molecule has 8 fully saturated rings. The summed E-state index contributed by atoms with van der Waals surface area (Å²) in [5.74, 6) is -0.0695. The molecule has 8 aliphatic rings. The third-order valence-electron chi connectivity index (χ3n) is 25.2. The van der Waals surface area contributed by atoms with Crippen LogP contribution in [-0.2, 0) is 39.6 Å². The minimum atomic E-state index is -0.938. The molecule has 32 nitrogen and oxygen atoms in total. The average Bonchev–Trinajstić information content (AvgIpc) is 1.61. The molecule has 12 aromatic heterocycles. The van der Waals surface area contributed by atoms with Crippen LogP contribution in [0.3, 0.4) is 0 Å². The first-order valence-corrected chi connectivity index (χ1v) is 50.5. The first kappa shape index (κ1) is 92.8. The molecule has 18 atom stereocenters. The highest BCUT2D eigenvalue weighted by Gasteiger charge is 2.58. The predicted octanol–water partition coefficient (Wildman–Crippen LogP) is 14.6. The Balaban J connectivity index is 0.000000121. The lowest BCUT2D eigenvalue weighted by atomic mass is 9.94. The summed E-state index contributed by atoms with van der Waals surface area (Å²) in [7, 11) is 0. The monoisotopic (exact) mass is 1890 g/mol. The van der Waals surface area contributed by atoms with Crippen LogP contribution in [0.1, 0.15) is 145 Å². The predicted molar refractivity (Wildman–Crippen MR) is 506 cm³/mol. The van der Waals surface area contributed by atoms with E-state index in [1.54, 1.807) is 64.7 Å². The summed E-state index contributed by atoms with van der Waals surface area (Å²) in [6.45, 7) is 30.8. The zero-order valence-corrected chi connectivity index (χ0v) is 81.1. The zero-order chi connectivity index (χ0) is 91.3. The summed E-state index contributed by atoms with van der Waals surface area (Å²) < 4.78 is 41.3. The smallest absolute Gasteiger partial charge is 0.223 e. The molecule has 3 aliphatic heterocycles. The maximum absolute atomic E-state index is 11.7. The van der Waals surface area contributed by atoms with E-state index in [-0.39, 0.29) is 90.9 Å². The Kier molecular flexibility index (Phi) is 26.9. The van der Waals surface area contributed by atoms with E-state index < -0.39 is 41.8 Å². The van der Waals surface area contributed by atoms with Crippen LogP contribution in [0.4, 0.5) is 23.4 Å². The molecule has 5 saturated carbocycles. The highest BCUT2D eigenvalue weighted by atomic mass is 32.2. The minimum absolute atomic E-state index is 0.0156. The van der Waals surface area contributed by atoms with E-state index >= 15 is 0 Å². The van der Waals surface area contributed by atoms with Gasteiger partial charge in [-0.25, -0.2) is 59.8 Å². The third kappa shape index (κ3) is 19.2. The van der Waals surface area contributed by atoms with Crippen molar-refractivity contribution in [1.29, 1.82) is 0 Å². The molecule has 129 heavy (non-hydrogen) atoms. The van der Waals surface area contributed by atoms with Crippen molar-refractivity contribution >= 4 is 151 Å². The van der Waals surface area contributed by atoms with E-state index in [1.165, 1.54) is 35.3 Å². The molecule has 0 amide bonds. The highest BCUT2D eigenvalue weighted by Crippen LogP contribution is 2.51. The lowest BCUT2D eigenvalue weighted by Crippen LogP contribution is -2.35. The number of thioether (sulfide) groups is 3. The average molecular weight is 1890 g/mol. The summed E-state index contributed by atoms with van der Waals surface area (Å²) in [5.41, 5.74) is 14.9. The summed E-state index contributed by atoms with van der Waals surface area (Å²) in [6, 6.07) is 8.13. The van der Waals surface area contributed by atoms with Gasteiger partial charge in [0.05, 0.1) is 153 Å². The van der Waals surface area contributed by atoms with Crippen molar-refractivity contribution in [1.82, 2.24) is 79.7 Å². The Bertz CT molecular complexity index is 6170. The fraction of sp³-hybridized carbons (Fsp3) is 0.544. The summed E-state index contributed by atoms with van der Waals surface area (Å²) >= 11 is 10.9. The van der Waals surface area contributed by atoms with Gasteiger partial charge in [0.2, 0.25) is 5.95 Å². The number of pyridine rings is 4. The van der Waals surface area contributed by atoms with Crippen molar-refractivity contribution in [2.75, 3.05) is 46.6 Å². The van der Waals surface area contributed by atoms with E-state index in [0.717, 1.165) is 178 Å². The van der Waals surface area contributed by atoms with Crippen molar-refractivity contribution < 1.29 is 58.7 Å². The Hall–Kier alpha value is -8.04. The summed E-state index contributed by atoms with van der Waals surface area (Å²) in [5, 5.41) is 71.2. The number of aldehydes is 1. The third-order valence-corrected chi connectivity index (χ3v) is 31.0. The van der Waals surface area contributed by atoms with Gasteiger partial charge in [0.15, 0.2) is 32.8 Å². The topological polar surface area (TPSA) is 428 Å². The molecule has 0 aromatic carbocycles. The molecule has 2 unspecified atom stereocenters. The molecule has 0 bridgehead atoms. The number of aromatic nitrogens is 16. The number of aliphatic hydroxyl groups excluding tert-OH is 5. The Morgan fingerprint density at radius 1 is 0.426 bits per heavy atom. The highest BCUT2D eigenvalue weighted by molar-refractivity contribution is 7.98. The molecule has 9 N–H and O–H groups in total. The molecule has 39 heteroatoms. The fourth-order valence-electron chi connectivity index (χ4n) is 18.8. The number of carbonyl (C=O) groups is 1. The molecule has 3 saturated heterocycles. The standard InChI is InChI=1S/C23H29N5O3S2.C23H29N5O3S.C22H27N5O3S2.C22H25N5O3S2/c1-10-16(21-27-17-11(2)24-8-7-15(17)33-21)20(28-22(25-10)32-6)26-14-9-13(12(3)29)18-19(14)31-23(4,5)30-18;1-10-18(22-28-19-11(2)24-7-6-17(19)32-22)16(27-23(25-10)26-14-4-5-14)9-13-8-15(12(3)29)21(31)20(13)30;2*1-10-15(20-26-16-11(2)23-7-6-14(16)32-20)19(27-21(24-10)31-5)25-13-8-12(9-28)17-18(13)30-22(3,4)29-17/h7-8,12-14,18-19,29H,9H2,1-6H3,(H,25,26,28);6-7,12-15,20-21,29-31H,4-5,8-9H2,1-3H3,(H,25,26,27);6-7,12-13,17-18,28H,8-9H2,1-5H3,(H,24,25,27);6-7,9,12-13,17-18H,8H2,1-5H3,(H,24,25,27)/t12?,13-,14-,18-,19+;12?,13-,15+,20-,21+;2*12-,13-,17-,18+/m1011/s1. The molecule has 0 spiro atoms. The van der Waals surface area contributed by atoms with E-state index in [1.807, 2.05) is 159 Å². The minimum Gasteiger partial charge on any atom is -0.396 e. The van der Waals surface area contributed by atoms with Gasteiger partial charge in [-0.3, -0.25) is 19.9 Å². The second kappa shape index (κ2) is 37.4. The number of fused-ring (bicyclic) bond motifs is 7. The van der Waals surface area contributed by atoms with Crippen LogP contribution < -0.4 is 21.3 Å². The van der Waals surface area contributed by atoms with E-state index in [2.05, 4.69) is 51.2 Å². The van der Waals surface area contributed by atoms with Gasteiger partial charge in [-0.1, -0.05) is 35.3 Å². The van der Waals surface area contributed by atoms with Crippen molar-refractivity contribution in [3.8, 4) is 42.3 Å². The number of hydrogen-bond acceptors (Lipinski definition) is 39. The van der Waals surface area contributed by atoms with Crippen molar-refractivity contribution in [3.63, 3.8) is 0 Å². The number of thiazole rings is 4. The van der Waals surface area contributed by atoms with Crippen LogP contribution in [0, 0.1) is 85.0 Å². The van der Waals surface area contributed by atoms with Gasteiger partial charge in [0, 0.05) is 61.1 Å². The van der Waals surface area contributed by atoms with Crippen molar-refractivity contribution in [2.45, 2.75) is 274 Å². The van der Waals surface area contributed by atoms with Gasteiger partial charge in [0.1, 0.15) is 84.1 Å². The molecular formula is C90H110N20O12S7. The number of anilines is 4. The maximum atomic E-state index is 11.7. The molecule has 684 valence electrons. The molecule has 15 heterocycles. The lowest BCUT2D eigenvalue weighted by Gasteiger charge is -2.25. The van der Waals surface area contributed by atoms with Crippen LogP contribution in [-0.4, -0.2) is 240 Å². The normalized spacial score (nSPS) is 26.7. The van der Waals surface area contributed by atoms with Crippen LogP contribution in [0.25, 0.3) is 83.2 Å². The molecule has 5 aliphatic carbocycles. The number of nitrogens with one attached hydrogen (secondary N) is 4. The fourth-order valence-corrected chi connectivity index (χ4v) is 24.5. The number of carbonyl (C=O) groups excluding carboxylic acids is 1. The van der Waals surface area contributed by atoms with Gasteiger partial charge in [-0.05, 0) is 205 Å². The number of aryl methyl sites for hydroxylation is 8. The van der Waals surface area contributed by atoms with Crippen LogP contribution in [0.15, 0.2) is 64.5 Å². The molecule has 0 radical (unpaired) electrons. The van der Waals surface area contributed by atoms with E-state index in [4.69, 9.17) is 78.3 Å². The SMILES string of the molecule is CSc1nc(C)c(-c2nc3c(C)nccc3s2)c(N[C@@H]2C[C@H](C(C)O)[C@H]3OC(C)(C)O[C@H]32)n1.CSc1nc(C)c(-c2nc3c(C)nccc3s2)c(N[C@@H]2C[C@H](C=O)[C@H]3OC(C)(C)O[C@H]32)n1.CSc1nc(C)c(-c2nc3c(C)nccc3s2)c(N[C@@H]2C[C@H](CO)[C@H]3OC(C)(C)O[C@H]32)n1.Cc1nc(NC2CC2)nc(C[C@@H]2C[C@H](C(C)O)[C@@H](O)[C@H]2O)c1-c1nc2c(C)nccc2s1. The second-order valence-corrected chi connectivity index (χ2v) is 42.3. The number of rotatable bonds is 21. The first-order chi connectivity index (χ1) is 61.6. The second-order valence-electron chi connectivity index (χ2n) is 35.9. The number of hydrogen-bond donors (Lipinski definition) is 9. The van der Waals surface area contributed by atoms with E-state index in [0.29, 0.717) is 52.5 Å². The van der Waals surface area contributed by atoms with Gasteiger partial charge in [-0.15, -0.1) is 45.3 Å². The van der Waals surface area contributed by atoms with Gasteiger partial charge in [0.25, 0.3) is 0 Å². The van der Waals surface area contributed by atoms with Crippen LogP contribution >= 0.6 is 80.6 Å². The Morgan fingerprint density at radius 2 is 0.791 bits per heavy atom. The Labute approximate surface area is 776 Å². The molecule has 12 aromatic rings. The van der Waals surface area contributed by atoms with E-state index in [9.17, 15) is 30.3 Å². The maximum Gasteiger partial charge on any atom is 0.223 e. The lowest BCUT2D eigenvalue weighted by molar-refractivity contribution is -0.161. The quantitative estimate of drug-likeness (QED) is 0.0183. The van der Waals surface area contributed by atoms with Gasteiger partial charge >= 0.3 is 0 Å². The zero-order valence-electron chi connectivity index (χ0n) is 75.4. The van der Waals surface area contributed by atoms with Crippen LogP contribution in [0.5, 0.6) is 0 Å². The number of nitrogens with zero attached hydrogens (tertiary/aromatic N) is 16. The largest absolute Gasteiger partial charge is 0.396 e. The van der Waals surface area contributed by atoms with Gasteiger partial charge in [-0.2, -0.15) is 0 Å². The molecule has 20 rings (SSSR count). The van der Waals surface area contributed by atoms with Gasteiger partial charge < -0.3 is 80.0 Å². The number of ether oxygens (including phenoxy) is 6. The Morgan fingerprint density at radius 3 is 1.17 bits per heavy atom. The first-order valence-electron chi connectivity index (χ1n) is 43.5. The molecular weight excluding hydrogens is 1780 g/mol. The van der Waals surface area contributed by atoms with Crippen molar-refractivity contribution in [2.24, 2.45) is 29.6 Å². The summed E-state index contributed by atoms with van der Waals surface area (Å²) in [6.07, 6.45) is 15.3. The number of aliphatic hydroxyl groups is 5. The summed E-state index contributed by atoms with van der Waals surface area (Å²) in [4.78, 5) is 86.8. The van der Waals surface area contributed by atoms with Crippen molar-refractivity contribution in [3.05, 3.63) is 100 Å².